The maximum Gasteiger partial charge on any atom is 0.317 e. The van der Waals surface area contributed by atoms with Crippen molar-refractivity contribution in [1.82, 2.24) is 15.2 Å². The summed E-state index contributed by atoms with van der Waals surface area (Å²) in [7, 11) is 0. The molecule has 6 heteroatoms. The van der Waals surface area contributed by atoms with Crippen molar-refractivity contribution in [2.45, 2.75) is 25.8 Å². The Bertz CT molecular complexity index is 750. The number of urea groups is 1. The Morgan fingerprint density at radius 3 is 2.07 bits per heavy atom. The topological polar surface area (TPSA) is 51.7 Å². The molecule has 148 valence electrons. The standard InChI is InChI=1S/C22H29N5O/c28-22(27-16-14-26(15-17-27)21-8-10-23-11-9-21)24-18-19-4-6-20(7-5-19)25-12-2-1-3-13-25/h4-11H,1-3,12-18H2,(H,24,28). The van der Waals surface area contributed by atoms with Crippen molar-refractivity contribution in [1.29, 1.82) is 0 Å². The maximum absolute atomic E-state index is 12.5. The normalized spacial score (nSPS) is 17.5. The highest BCUT2D eigenvalue weighted by Crippen LogP contribution is 2.20. The van der Waals surface area contributed by atoms with E-state index in [1.165, 1.54) is 30.6 Å². The molecule has 1 N–H and O–H groups in total. The highest BCUT2D eigenvalue weighted by Gasteiger charge is 2.21. The van der Waals surface area contributed by atoms with Gasteiger partial charge in [0.2, 0.25) is 0 Å². The molecule has 6 nitrogen and oxygen atoms in total. The fourth-order valence-electron chi connectivity index (χ4n) is 3.99. The first kappa shape index (κ1) is 18.6. The largest absolute Gasteiger partial charge is 0.372 e. The molecule has 0 saturated carbocycles. The molecular weight excluding hydrogens is 350 g/mol. The Kier molecular flexibility index (Phi) is 5.95. The van der Waals surface area contributed by atoms with Crippen LogP contribution >= 0.6 is 0 Å². The van der Waals surface area contributed by atoms with Gasteiger partial charge in [-0.05, 0) is 49.1 Å². The number of carbonyl (C=O) groups is 1. The minimum absolute atomic E-state index is 0.0227. The van der Waals surface area contributed by atoms with E-state index in [-0.39, 0.29) is 6.03 Å². The fraction of sp³-hybridized carbons (Fsp3) is 0.455. The average Bonchev–Trinajstić information content (AvgIpc) is 2.79. The monoisotopic (exact) mass is 379 g/mol. The molecule has 0 spiro atoms. The van der Waals surface area contributed by atoms with Crippen molar-refractivity contribution in [2.75, 3.05) is 49.1 Å². The van der Waals surface area contributed by atoms with Gasteiger partial charge in [0.05, 0.1) is 0 Å². The van der Waals surface area contributed by atoms with Gasteiger partial charge in [0.15, 0.2) is 0 Å². The second-order valence-electron chi connectivity index (χ2n) is 7.55. The van der Waals surface area contributed by atoms with E-state index >= 15 is 0 Å². The number of benzene rings is 1. The number of anilines is 2. The summed E-state index contributed by atoms with van der Waals surface area (Å²) in [4.78, 5) is 23.2. The molecule has 2 fully saturated rings. The molecule has 4 rings (SSSR count). The third-order valence-corrected chi connectivity index (χ3v) is 5.70. The highest BCUT2D eigenvalue weighted by molar-refractivity contribution is 5.74. The van der Waals surface area contributed by atoms with E-state index in [0.29, 0.717) is 6.54 Å². The molecule has 1 aromatic carbocycles. The quantitative estimate of drug-likeness (QED) is 0.887. The van der Waals surface area contributed by atoms with E-state index < -0.39 is 0 Å². The van der Waals surface area contributed by atoms with Crippen LogP contribution < -0.4 is 15.1 Å². The smallest absolute Gasteiger partial charge is 0.317 e. The van der Waals surface area contributed by atoms with Crippen LogP contribution in [0.25, 0.3) is 0 Å². The van der Waals surface area contributed by atoms with E-state index in [1.54, 1.807) is 0 Å². The third-order valence-electron chi connectivity index (χ3n) is 5.70. The highest BCUT2D eigenvalue weighted by atomic mass is 16.2. The summed E-state index contributed by atoms with van der Waals surface area (Å²) in [6, 6.07) is 12.7. The van der Waals surface area contributed by atoms with E-state index in [1.807, 2.05) is 29.4 Å². The number of carbonyl (C=O) groups excluding carboxylic acids is 1. The Morgan fingerprint density at radius 2 is 1.39 bits per heavy atom. The van der Waals surface area contributed by atoms with Gasteiger partial charge < -0.3 is 20.0 Å². The molecule has 0 atom stereocenters. The van der Waals surface area contributed by atoms with Crippen LogP contribution in [0.1, 0.15) is 24.8 Å². The zero-order valence-electron chi connectivity index (χ0n) is 16.4. The molecule has 3 heterocycles. The zero-order chi connectivity index (χ0) is 19.2. The van der Waals surface area contributed by atoms with Gasteiger partial charge in [-0.1, -0.05) is 12.1 Å². The summed E-state index contributed by atoms with van der Waals surface area (Å²) in [5.41, 5.74) is 3.61. The van der Waals surface area contributed by atoms with Crippen LogP contribution in [0.3, 0.4) is 0 Å². The summed E-state index contributed by atoms with van der Waals surface area (Å²) in [6.07, 6.45) is 7.53. The minimum Gasteiger partial charge on any atom is -0.372 e. The van der Waals surface area contributed by atoms with Crippen molar-refractivity contribution < 1.29 is 4.79 Å². The van der Waals surface area contributed by atoms with Gasteiger partial charge in [0, 0.05) is 69.6 Å². The first-order valence-corrected chi connectivity index (χ1v) is 10.3. The molecule has 1 aromatic heterocycles. The van der Waals surface area contributed by atoms with Crippen LogP contribution in [0.5, 0.6) is 0 Å². The van der Waals surface area contributed by atoms with Crippen LogP contribution in [0.4, 0.5) is 16.2 Å². The van der Waals surface area contributed by atoms with Gasteiger partial charge in [0.1, 0.15) is 0 Å². The number of nitrogens with one attached hydrogen (secondary N) is 1. The van der Waals surface area contributed by atoms with Crippen molar-refractivity contribution >= 4 is 17.4 Å². The fourth-order valence-corrected chi connectivity index (χ4v) is 3.99. The first-order valence-electron chi connectivity index (χ1n) is 10.3. The number of aromatic nitrogens is 1. The van der Waals surface area contributed by atoms with Crippen molar-refractivity contribution in [3.8, 4) is 0 Å². The first-order chi connectivity index (χ1) is 13.8. The summed E-state index contributed by atoms with van der Waals surface area (Å²) in [5.74, 6) is 0. The molecule has 2 saturated heterocycles. The van der Waals surface area contributed by atoms with Gasteiger partial charge >= 0.3 is 6.03 Å². The third kappa shape index (κ3) is 4.55. The number of amides is 2. The Labute approximate surface area is 167 Å². The van der Waals surface area contributed by atoms with Gasteiger partial charge in [-0.25, -0.2) is 4.79 Å². The van der Waals surface area contributed by atoms with Crippen molar-refractivity contribution in [2.24, 2.45) is 0 Å². The summed E-state index contributed by atoms with van der Waals surface area (Å²) in [5, 5.41) is 3.07. The lowest BCUT2D eigenvalue weighted by atomic mass is 10.1. The van der Waals surface area contributed by atoms with Crippen molar-refractivity contribution in [3.05, 3.63) is 54.4 Å². The van der Waals surface area contributed by atoms with Gasteiger partial charge in [-0.3, -0.25) is 4.98 Å². The van der Waals surface area contributed by atoms with Crippen LogP contribution in [0.15, 0.2) is 48.8 Å². The molecule has 28 heavy (non-hydrogen) atoms. The average molecular weight is 380 g/mol. The lowest BCUT2D eigenvalue weighted by Crippen LogP contribution is -2.51. The number of hydrogen-bond donors (Lipinski definition) is 1. The predicted octanol–water partition coefficient (Wildman–Crippen LogP) is 3.10. The lowest BCUT2D eigenvalue weighted by Gasteiger charge is -2.36. The number of hydrogen-bond acceptors (Lipinski definition) is 4. The number of piperazine rings is 1. The number of piperidine rings is 1. The molecule has 0 radical (unpaired) electrons. The maximum atomic E-state index is 12.5. The number of rotatable bonds is 4. The second kappa shape index (κ2) is 8.95. The van der Waals surface area contributed by atoms with Crippen LogP contribution in [0, 0.1) is 0 Å². The summed E-state index contributed by atoms with van der Waals surface area (Å²) in [6.45, 7) is 6.06. The lowest BCUT2D eigenvalue weighted by molar-refractivity contribution is 0.194. The Hall–Kier alpha value is -2.76. The van der Waals surface area contributed by atoms with E-state index in [2.05, 4.69) is 44.4 Å². The number of pyridine rings is 1. The summed E-state index contributed by atoms with van der Waals surface area (Å²) >= 11 is 0. The summed E-state index contributed by atoms with van der Waals surface area (Å²) < 4.78 is 0. The van der Waals surface area contributed by atoms with Gasteiger partial charge in [0.25, 0.3) is 0 Å². The molecule has 0 bridgehead atoms. The van der Waals surface area contributed by atoms with Gasteiger partial charge in [-0.2, -0.15) is 0 Å². The minimum atomic E-state index is 0.0227. The van der Waals surface area contributed by atoms with E-state index in [0.717, 1.165) is 44.8 Å². The molecule has 2 amide bonds. The van der Waals surface area contributed by atoms with Crippen LogP contribution in [0.2, 0.25) is 0 Å². The van der Waals surface area contributed by atoms with Crippen LogP contribution in [-0.4, -0.2) is 55.2 Å². The zero-order valence-corrected chi connectivity index (χ0v) is 16.4. The Balaban J connectivity index is 1.23. The van der Waals surface area contributed by atoms with Gasteiger partial charge in [-0.15, -0.1) is 0 Å². The molecule has 0 unspecified atom stereocenters. The SMILES string of the molecule is O=C(NCc1ccc(N2CCCCC2)cc1)N1CCN(c2ccncc2)CC1. The Morgan fingerprint density at radius 1 is 0.786 bits per heavy atom. The second-order valence-corrected chi connectivity index (χ2v) is 7.55. The van der Waals surface area contributed by atoms with E-state index in [9.17, 15) is 4.79 Å². The van der Waals surface area contributed by atoms with Crippen molar-refractivity contribution in [3.63, 3.8) is 0 Å². The molecule has 0 aliphatic carbocycles. The molecular formula is C22H29N5O. The number of nitrogens with zero attached hydrogens (tertiary/aromatic N) is 4. The molecule has 2 aromatic rings. The predicted molar refractivity (Wildman–Crippen MR) is 113 cm³/mol. The molecule has 2 aliphatic heterocycles. The van der Waals surface area contributed by atoms with E-state index in [4.69, 9.17) is 0 Å². The van der Waals surface area contributed by atoms with Crippen LogP contribution in [-0.2, 0) is 6.54 Å². The molecule has 2 aliphatic rings.